The van der Waals surface area contributed by atoms with E-state index in [1.807, 2.05) is 18.2 Å². The number of ether oxygens (including phenoxy) is 2. The molecule has 1 aliphatic heterocycles. The number of hydrogen-bond donors (Lipinski definition) is 0. The van der Waals surface area contributed by atoms with Gasteiger partial charge < -0.3 is 9.47 Å². The van der Waals surface area contributed by atoms with Crippen LogP contribution in [-0.4, -0.2) is 12.9 Å². The topological polar surface area (TPSA) is 18.5 Å². The molecule has 1 aromatic carbocycles. The molecule has 0 bridgehead atoms. The summed E-state index contributed by atoms with van der Waals surface area (Å²) in [6, 6.07) is 10.3. The summed E-state index contributed by atoms with van der Waals surface area (Å²) in [4.78, 5) is 0. The van der Waals surface area contributed by atoms with E-state index in [1.165, 1.54) is 31.2 Å². The molecule has 17 heavy (non-hydrogen) atoms. The lowest BCUT2D eigenvalue weighted by Gasteiger charge is -2.11. The average molecular weight is 234 g/mol. The normalized spacial score (nSPS) is 24.1. The van der Waals surface area contributed by atoms with Crippen LogP contribution in [0.3, 0.4) is 0 Å². The maximum Gasteiger partial charge on any atom is 0.158 e. The molecule has 0 aliphatic carbocycles. The molecule has 0 aromatic heterocycles. The van der Waals surface area contributed by atoms with E-state index in [0.717, 1.165) is 6.42 Å². The van der Waals surface area contributed by atoms with Crippen LogP contribution in [0.5, 0.6) is 0 Å². The standard InChI is InChI=1S/C15H22O2/c1-2-3-4-8-11-15-16-12-14(17-15)13-9-6-5-7-10-13/h5-7,9-10,14-15H,2-4,8,11-12H2,1H3/t14-,15-/m1/s1. The zero-order chi connectivity index (χ0) is 11.9. The number of unbranched alkanes of at least 4 members (excludes halogenated alkanes) is 3. The molecule has 1 saturated heterocycles. The first-order chi connectivity index (χ1) is 8.40. The minimum atomic E-state index is 0.0112. The zero-order valence-electron chi connectivity index (χ0n) is 10.6. The summed E-state index contributed by atoms with van der Waals surface area (Å²) in [6.07, 6.45) is 6.26. The van der Waals surface area contributed by atoms with Gasteiger partial charge in [-0.15, -0.1) is 0 Å². The Hall–Kier alpha value is -0.860. The van der Waals surface area contributed by atoms with Gasteiger partial charge in [-0.05, 0) is 18.4 Å². The van der Waals surface area contributed by atoms with Crippen molar-refractivity contribution in [3.63, 3.8) is 0 Å². The molecule has 0 radical (unpaired) electrons. The highest BCUT2D eigenvalue weighted by molar-refractivity contribution is 5.18. The van der Waals surface area contributed by atoms with Crippen molar-refractivity contribution in [3.05, 3.63) is 35.9 Å². The van der Waals surface area contributed by atoms with E-state index in [2.05, 4.69) is 19.1 Å². The molecular formula is C15H22O2. The van der Waals surface area contributed by atoms with Crippen LogP contribution in [0.4, 0.5) is 0 Å². The molecule has 1 aliphatic rings. The second-order valence-corrected chi connectivity index (χ2v) is 4.65. The van der Waals surface area contributed by atoms with Crippen molar-refractivity contribution >= 4 is 0 Å². The maximum atomic E-state index is 5.91. The van der Waals surface area contributed by atoms with Crippen LogP contribution in [0, 0.1) is 0 Å². The molecule has 0 spiro atoms. The number of hydrogen-bond acceptors (Lipinski definition) is 2. The van der Waals surface area contributed by atoms with Gasteiger partial charge in [-0.1, -0.05) is 56.5 Å². The highest BCUT2D eigenvalue weighted by atomic mass is 16.7. The van der Waals surface area contributed by atoms with Gasteiger partial charge in [0.05, 0.1) is 6.61 Å². The van der Waals surface area contributed by atoms with Gasteiger partial charge in [0.2, 0.25) is 0 Å². The van der Waals surface area contributed by atoms with Crippen molar-refractivity contribution in [2.24, 2.45) is 0 Å². The van der Waals surface area contributed by atoms with Crippen LogP contribution < -0.4 is 0 Å². The Kier molecular flexibility index (Phi) is 5.02. The fourth-order valence-corrected chi connectivity index (χ4v) is 2.19. The summed E-state index contributed by atoms with van der Waals surface area (Å²) < 4.78 is 11.6. The Morgan fingerprint density at radius 3 is 2.71 bits per heavy atom. The van der Waals surface area contributed by atoms with Crippen LogP contribution in [0.1, 0.15) is 50.7 Å². The van der Waals surface area contributed by atoms with Crippen LogP contribution in [0.15, 0.2) is 30.3 Å². The molecule has 1 heterocycles. The summed E-state index contributed by atoms with van der Waals surface area (Å²) in [5.74, 6) is 0. The summed E-state index contributed by atoms with van der Waals surface area (Å²) in [7, 11) is 0. The second-order valence-electron chi connectivity index (χ2n) is 4.65. The van der Waals surface area contributed by atoms with E-state index in [1.54, 1.807) is 0 Å². The number of benzene rings is 1. The Bertz CT molecular complexity index is 310. The van der Waals surface area contributed by atoms with Gasteiger partial charge in [0, 0.05) is 0 Å². The zero-order valence-corrected chi connectivity index (χ0v) is 10.6. The fourth-order valence-electron chi connectivity index (χ4n) is 2.19. The summed E-state index contributed by atoms with van der Waals surface area (Å²) in [5.41, 5.74) is 1.23. The first kappa shape index (κ1) is 12.6. The molecule has 1 aromatic rings. The Morgan fingerprint density at radius 1 is 1.12 bits per heavy atom. The van der Waals surface area contributed by atoms with Crippen molar-refractivity contribution in [1.82, 2.24) is 0 Å². The fraction of sp³-hybridized carbons (Fsp3) is 0.600. The monoisotopic (exact) mass is 234 g/mol. The Morgan fingerprint density at radius 2 is 1.94 bits per heavy atom. The van der Waals surface area contributed by atoms with E-state index in [-0.39, 0.29) is 12.4 Å². The van der Waals surface area contributed by atoms with Crippen LogP contribution in [0.25, 0.3) is 0 Å². The highest BCUT2D eigenvalue weighted by Gasteiger charge is 2.26. The smallest absolute Gasteiger partial charge is 0.158 e. The van der Waals surface area contributed by atoms with E-state index in [4.69, 9.17) is 9.47 Å². The molecule has 2 nitrogen and oxygen atoms in total. The molecule has 0 amide bonds. The molecular weight excluding hydrogens is 212 g/mol. The largest absolute Gasteiger partial charge is 0.350 e. The van der Waals surface area contributed by atoms with Gasteiger partial charge in [-0.2, -0.15) is 0 Å². The average Bonchev–Trinajstić information content (AvgIpc) is 2.85. The summed E-state index contributed by atoms with van der Waals surface area (Å²) in [6.45, 7) is 2.93. The van der Waals surface area contributed by atoms with Gasteiger partial charge in [-0.3, -0.25) is 0 Å². The maximum absolute atomic E-state index is 5.91. The molecule has 0 saturated carbocycles. The van der Waals surface area contributed by atoms with Gasteiger partial charge in [-0.25, -0.2) is 0 Å². The first-order valence-corrected chi connectivity index (χ1v) is 6.72. The van der Waals surface area contributed by atoms with Gasteiger partial charge in [0.15, 0.2) is 6.29 Å². The minimum absolute atomic E-state index is 0.0112. The molecule has 1 fully saturated rings. The molecule has 94 valence electrons. The first-order valence-electron chi connectivity index (χ1n) is 6.72. The summed E-state index contributed by atoms with van der Waals surface area (Å²) >= 11 is 0. The van der Waals surface area contributed by atoms with Crippen molar-refractivity contribution in [2.45, 2.75) is 51.4 Å². The summed E-state index contributed by atoms with van der Waals surface area (Å²) in [5, 5.41) is 0. The SMILES string of the molecule is CCCCCC[C@@H]1OC[C@H](c2ccccc2)O1. The molecule has 2 atom stereocenters. The third-order valence-corrected chi connectivity index (χ3v) is 3.21. The van der Waals surface area contributed by atoms with E-state index >= 15 is 0 Å². The Balaban J connectivity index is 1.72. The molecule has 0 unspecified atom stereocenters. The van der Waals surface area contributed by atoms with Crippen molar-refractivity contribution in [3.8, 4) is 0 Å². The molecule has 2 heteroatoms. The van der Waals surface area contributed by atoms with Gasteiger partial charge >= 0.3 is 0 Å². The van der Waals surface area contributed by atoms with Crippen LogP contribution in [-0.2, 0) is 9.47 Å². The third kappa shape index (κ3) is 3.83. The quantitative estimate of drug-likeness (QED) is 0.691. The van der Waals surface area contributed by atoms with Crippen molar-refractivity contribution in [1.29, 1.82) is 0 Å². The second kappa shape index (κ2) is 6.77. The van der Waals surface area contributed by atoms with Crippen LogP contribution in [0.2, 0.25) is 0 Å². The van der Waals surface area contributed by atoms with E-state index in [9.17, 15) is 0 Å². The Labute approximate surface area is 104 Å². The molecule has 2 rings (SSSR count). The van der Waals surface area contributed by atoms with Crippen molar-refractivity contribution < 1.29 is 9.47 Å². The highest BCUT2D eigenvalue weighted by Crippen LogP contribution is 2.28. The van der Waals surface area contributed by atoms with Gasteiger partial charge in [0.25, 0.3) is 0 Å². The van der Waals surface area contributed by atoms with Crippen molar-refractivity contribution in [2.75, 3.05) is 6.61 Å². The minimum Gasteiger partial charge on any atom is -0.350 e. The lowest BCUT2D eigenvalue weighted by atomic mass is 10.1. The number of rotatable bonds is 6. The predicted molar refractivity (Wildman–Crippen MR) is 68.8 cm³/mol. The van der Waals surface area contributed by atoms with Crippen LogP contribution >= 0.6 is 0 Å². The third-order valence-electron chi connectivity index (χ3n) is 3.21. The predicted octanol–water partition coefficient (Wildman–Crippen LogP) is 4.07. The van der Waals surface area contributed by atoms with Gasteiger partial charge in [0.1, 0.15) is 6.10 Å². The lowest BCUT2D eigenvalue weighted by molar-refractivity contribution is -0.0637. The molecule has 0 N–H and O–H groups in total. The van der Waals surface area contributed by atoms with E-state index < -0.39 is 0 Å². The van der Waals surface area contributed by atoms with E-state index in [0.29, 0.717) is 6.61 Å². The lowest BCUT2D eigenvalue weighted by Crippen LogP contribution is -2.07.